The van der Waals surface area contributed by atoms with Crippen LogP contribution in [0.2, 0.25) is 0 Å². The average Bonchev–Trinajstić information content (AvgIpc) is 3.62. The lowest BCUT2D eigenvalue weighted by atomic mass is 9.54. The Labute approximate surface area is 251 Å². The summed E-state index contributed by atoms with van der Waals surface area (Å²) in [6, 6.07) is 0. The van der Waals surface area contributed by atoms with Crippen molar-refractivity contribution in [3.63, 3.8) is 0 Å². The van der Waals surface area contributed by atoms with Crippen LogP contribution in [0.1, 0.15) is 67.2 Å². The van der Waals surface area contributed by atoms with Gasteiger partial charge in [0.25, 0.3) is 0 Å². The zero-order chi connectivity index (χ0) is 31.0. The second kappa shape index (κ2) is 8.68. The summed E-state index contributed by atoms with van der Waals surface area (Å²) < 4.78 is 18.8. The molecule has 8 heteroatoms. The summed E-state index contributed by atoms with van der Waals surface area (Å²) in [6.45, 7) is 15.1. The van der Waals surface area contributed by atoms with Crippen LogP contribution in [0.15, 0.2) is 58.7 Å². The molecule has 11 atom stereocenters. The highest BCUT2D eigenvalue weighted by atomic mass is 16.6. The molecule has 0 unspecified atom stereocenters. The summed E-state index contributed by atoms with van der Waals surface area (Å²) in [6.07, 6.45) is 6.82. The molecule has 43 heavy (non-hydrogen) atoms. The molecule has 7 aliphatic rings. The van der Waals surface area contributed by atoms with Crippen molar-refractivity contribution in [3.8, 4) is 0 Å². The number of ketones is 1. The van der Waals surface area contributed by atoms with Gasteiger partial charge in [0.05, 0.1) is 16.9 Å². The molecule has 0 amide bonds. The van der Waals surface area contributed by atoms with E-state index in [1.54, 1.807) is 26.0 Å². The minimum absolute atomic E-state index is 0.0997. The average molecular weight is 589 g/mol. The van der Waals surface area contributed by atoms with Gasteiger partial charge in [-0.15, -0.1) is 0 Å². The topological polar surface area (TPSA) is 116 Å². The first-order chi connectivity index (χ1) is 20.1. The first-order valence-corrected chi connectivity index (χ1v) is 15.4. The third kappa shape index (κ3) is 3.20. The van der Waals surface area contributed by atoms with Gasteiger partial charge in [-0.05, 0) is 60.0 Å². The third-order valence-corrected chi connectivity index (χ3v) is 12.7. The number of allylic oxidation sites excluding steroid dienone is 3. The van der Waals surface area contributed by atoms with Gasteiger partial charge in [0.2, 0.25) is 0 Å². The van der Waals surface area contributed by atoms with E-state index in [-0.39, 0.29) is 24.5 Å². The highest BCUT2D eigenvalue weighted by Crippen LogP contribution is 2.80. The predicted molar refractivity (Wildman–Crippen MR) is 155 cm³/mol. The predicted octanol–water partition coefficient (Wildman–Crippen LogP) is 4.48. The number of fused-ring (bicyclic) bond motifs is 6. The Kier molecular flexibility index (Phi) is 5.75. The number of rotatable bonds is 2. The molecule has 0 aromatic carbocycles. The number of esters is 3. The summed E-state index contributed by atoms with van der Waals surface area (Å²) >= 11 is 0. The van der Waals surface area contributed by atoms with Crippen molar-refractivity contribution in [2.24, 2.45) is 39.9 Å². The molecular formula is C35H40O8. The Hall–Kier alpha value is -3.26. The molecule has 1 spiro atoms. The van der Waals surface area contributed by atoms with Crippen molar-refractivity contribution in [1.29, 1.82) is 0 Å². The molecule has 5 aliphatic carbocycles. The normalized spacial score (nSPS) is 47.9. The largest absolute Gasteiger partial charge is 0.460 e. The minimum atomic E-state index is -1.22. The van der Waals surface area contributed by atoms with E-state index in [2.05, 4.69) is 6.58 Å². The summed E-state index contributed by atoms with van der Waals surface area (Å²) in [7, 11) is 0. The van der Waals surface area contributed by atoms with Crippen LogP contribution in [0.5, 0.6) is 0 Å². The zero-order valence-electron chi connectivity index (χ0n) is 25.7. The maximum absolute atomic E-state index is 14.7. The maximum Gasteiger partial charge on any atom is 0.334 e. The number of carbonyl (C=O) groups excluding carboxylic acids is 4. The standard InChI is InChI=1S/C35H40O8/c1-8-16(2)29(37)41-22-14-18(4)23-21(36)13-17(3)24(23)27-25(22)35(31(39)43-27)15-34-12-11-32(35,6)28(34)26-20(9-10-33(34,7)40)19(5)30(38)42-26/h8,11-13,20,22,24-28,40H,5,9-10,14-15H2,1-4,6-7H3/b16-8-/t20-,22-,24-,25+,26-,27+,28-,32-,33+,34+,35-/m0/s1. The molecule has 0 radical (unpaired) electrons. The molecule has 0 aromatic rings. The smallest absolute Gasteiger partial charge is 0.334 e. The zero-order valence-corrected chi connectivity index (χ0v) is 25.7. The van der Waals surface area contributed by atoms with E-state index < -0.39 is 75.8 Å². The fraction of sp³-hybridized carbons (Fsp3) is 0.600. The lowest BCUT2D eigenvalue weighted by molar-refractivity contribution is -0.159. The van der Waals surface area contributed by atoms with E-state index in [1.807, 2.05) is 39.8 Å². The molecular weight excluding hydrogens is 548 g/mol. The number of hydrogen-bond donors (Lipinski definition) is 1. The van der Waals surface area contributed by atoms with Crippen LogP contribution in [0.3, 0.4) is 0 Å². The SMILES string of the molecule is C=C1C(=O)O[C@H]2[C@H]1CC[C@@](C)(O)[C@@]13C=C[C@@](C)([C@H]21)[C@]1(C3)C(=O)O[C@@H]2[C@H]3C(C)=CC(=O)C3=C(C)C[C@H](OC(=O)/C(C)=C\C)[C@H]21. The van der Waals surface area contributed by atoms with Gasteiger partial charge in [-0.25, -0.2) is 9.59 Å². The fourth-order valence-electron chi connectivity index (χ4n) is 10.5. The van der Waals surface area contributed by atoms with Crippen molar-refractivity contribution in [1.82, 2.24) is 0 Å². The van der Waals surface area contributed by atoms with Gasteiger partial charge >= 0.3 is 17.9 Å². The van der Waals surface area contributed by atoms with Crippen LogP contribution in [0, 0.1) is 39.9 Å². The maximum atomic E-state index is 14.7. The second-order valence-corrected chi connectivity index (χ2v) is 14.5. The first kappa shape index (κ1) is 28.5. The van der Waals surface area contributed by atoms with Gasteiger partial charge in [0.15, 0.2) is 5.78 Å². The molecule has 228 valence electrons. The quantitative estimate of drug-likeness (QED) is 0.217. The van der Waals surface area contributed by atoms with E-state index in [4.69, 9.17) is 14.2 Å². The molecule has 7 rings (SSSR count). The van der Waals surface area contributed by atoms with Crippen molar-refractivity contribution in [2.45, 2.75) is 91.1 Å². The molecule has 4 fully saturated rings. The van der Waals surface area contributed by atoms with Gasteiger partial charge in [-0.1, -0.05) is 42.9 Å². The minimum Gasteiger partial charge on any atom is -0.460 e. The van der Waals surface area contributed by atoms with Crippen LogP contribution in [-0.2, 0) is 33.4 Å². The Morgan fingerprint density at radius 2 is 1.86 bits per heavy atom. The van der Waals surface area contributed by atoms with E-state index in [9.17, 15) is 24.3 Å². The van der Waals surface area contributed by atoms with Crippen molar-refractivity contribution < 1.29 is 38.5 Å². The monoisotopic (exact) mass is 588 g/mol. The van der Waals surface area contributed by atoms with Crippen molar-refractivity contribution >= 4 is 23.7 Å². The Morgan fingerprint density at radius 3 is 2.56 bits per heavy atom. The summed E-state index contributed by atoms with van der Waals surface area (Å²) in [5.41, 5.74) is -1.13. The fourth-order valence-corrected chi connectivity index (χ4v) is 10.5. The highest BCUT2D eigenvalue weighted by molar-refractivity contribution is 6.09. The van der Waals surface area contributed by atoms with E-state index in [0.29, 0.717) is 29.6 Å². The van der Waals surface area contributed by atoms with Crippen LogP contribution in [-0.4, -0.2) is 52.7 Å². The summed E-state index contributed by atoms with van der Waals surface area (Å²) in [5.74, 6) is -3.18. The van der Waals surface area contributed by atoms with Crippen molar-refractivity contribution in [3.05, 3.63) is 58.7 Å². The molecule has 2 saturated heterocycles. The van der Waals surface area contributed by atoms with Gasteiger partial charge in [-0.2, -0.15) is 0 Å². The number of ether oxygens (including phenoxy) is 3. The number of aliphatic hydroxyl groups is 1. The molecule has 2 heterocycles. The van der Waals surface area contributed by atoms with Gasteiger partial charge in [0, 0.05) is 51.7 Å². The molecule has 8 nitrogen and oxygen atoms in total. The van der Waals surface area contributed by atoms with Gasteiger partial charge < -0.3 is 19.3 Å². The van der Waals surface area contributed by atoms with Crippen molar-refractivity contribution in [2.75, 3.05) is 0 Å². The van der Waals surface area contributed by atoms with E-state index in [1.165, 1.54) is 0 Å². The molecule has 2 aliphatic heterocycles. The van der Waals surface area contributed by atoms with Gasteiger partial charge in [0.1, 0.15) is 18.3 Å². The Morgan fingerprint density at radius 1 is 1.14 bits per heavy atom. The number of carbonyl (C=O) groups is 4. The molecule has 2 bridgehead atoms. The number of hydrogen-bond acceptors (Lipinski definition) is 8. The molecule has 0 aromatic heterocycles. The van der Waals surface area contributed by atoms with Crippen LogP contribution >= 0.6 is 0 Å². The summed E-state index contributed by atoms with van der Waals surface area (Å²) in [5, 5.41) is 12.3. The molecule has 2 saturated carbocycles. The van der Waals surface area contributed by atoms with E-state index >= 15 is 0 Å². The van der Waals surface area contributed by atoms with E-state index in [0.717, 1.165) is 11.1 Å². The second-order valence-electron chi connectivity index (χ2n) is 14.5. The first-order valence-electron chi connectivity index (χ1n) is 15.4. The third-order valence-electron chi connectivity index (χ3n) is 12.7. The Balaban J connectivity index is 1.44. The molecule has 1 N–H and O–H groups in total. The van der Waals surface area contributed by atoms with Gasteiger partial charge in [-0.3, -0.25) is 9.59 Å². The lowest BCUT2D eigenvalue weighted by Gasteiger charge is -2.46. The lowest BCUT2D eigenvalue weighted by Crippen LogP contribution is -2.53. The Bertz CT molecular complexity index is 1540. The summed E-state index contributed by atoms with van der Waals surface area (Å²) in [4.78, 5) is 54.2. The van der Waals surface area contributed by atoms with Crippen LogP contribution in [0.25, 0.3) is 0 Å². The van der Waals surface area contributed by atoms with Crippen LogP contribution in [0.4, 0.5) is 0 Å². The van der Waals surface area contributed by atoms with Crippen LogP contribution < -0.4 is 0 Å². The highest BCUT2D eigenvalue weighted by Gasteiger charge is 2.84.